The molecule has 0 radical (unpaired) electrons. The fourth-order valence-corrected chi connectivity index (χ4v) is 9.88. The van der Waals surface area contributed by atoms with E-state index < -0.39 is 0 Å². The van der Waals surface area contributed by atoms with Crippen LogP contribution in [0.2, 0.25) is 0 Å². The van der Waals surface area contributed by atoms with Gasteiger partial charge in [-0.1, -0.05) is 164 Å². The Bertz CT molecular complexity index is 3110. The number of para-hydroxylation sites is 1. The highest BCUT2D eigenvalue weighted by atomic mass is 15.0. The molecule has 1 nitrogen and oxygen atoms in total. The van der Waals surface area contributed by atoms with E-state index in [4.69, 9.17) is 0 Å². The van der Waals surface area contributed by atoms with Gasteiger partial charge in [0.25, 0.3) is 0 Å². The molecule has 12 rings (SSSR count). The third kappa shape index (κ3) is 3.93. The summed E-state index contributed by atoms with van der Waals surface area (Å²) in [5.41, 5.74) is 19.1. The van der Waals surface area contributed by atoms with Gasteiger partial charge in [-0.15, -0.1) is 0 Å². The van der Waals surface area contributed by atoms with Crippen molar-refractivity contribution in [3.8, 4) is 50.2 Å². The van der Waals surface area contributed by atoms with E-state index in [0.717, 1.165) is 0 Å². The maximum Gasteiger partial charge on any atom is 0.0725 e. The summed E-state index contributed by atoms with van der Waals surface area (Å²) < 4.78 is 2.41. The van der Waals surface area contributed by atoms with Crippen molar-refractivity contribution < 1.29 is 0 Å². The van der Waals surface area contributed by atoms with Gasteiger partial charge in [-0.2, -0.15) is 0 Å². The lowest BCUT2D eigenvalue weighted by molar-refractivity contribution is 0.794. The number of benzene rings is 9. The molecule has 2 aliphatic rings. The van der Waals surface area contributed by atoms with Gasteiger partial charge in [0.1, 0.15) is 0 Å². The van der Waals surface area contributed by atoms with Gasteiger partial charge in [-0.3, -0.25) is 0 Å². The van der Waals surface area contributed by atoms with Crippen LogP contribution in [-0.4, -0.2) is 4.57 Å². The molecule has 0 saturated carbocycles. The highest BCUT2D eigenvalue weighted by molar-refractivity contribution is 6.10. The molecule has 10 aromatic rings. The molecule has 1 spiro atoms. The lowest BCUT2D eigenvalue weighted by atomic mass is 9.70. The van der Waals surface area contributed by atoms with Gasteiger partial charge < -0.3 is 4.57 Å². The molecule has 1 heterocycles. The van der Waals surface area contributed by atoms with E-state index in [1.165, 1.54) is 105 Å². The first kappa shape index (κ1) is 29.6. The topological polar surface area (TPSA) is 4.93 Å². The molecule has 0 fully saturated rings. The van der Waals surface area contributed by atoms with Crippen molar-refractivity contribution in [2.24, 2.45) is 0 Å². The summed E-state index contributed by atoms with van der Waals surface area (Å²) in [4.78, 5) is 0. The Morgan fingerprint density at radius 1 is 0.296 bits per heavy atom. The van der Waals surface area contributed by atoms with Gasteiger partial charge >= 0.3 is 0 Å². The number of rotatable bonds is 3. The number of hydrogen-bond donors (Lipinski definition) is 0. The van der Waals surface area contributed by atoms with Crippen molar-refractivity contribution in [1.82, 2.24) is 4.57 Å². The lowest BCUT2D eigenvalue weighted by Crippen LogP contribution is -2.25. The summed E-state index contributed by atoms with van der Waals surface area (Å²) in [6, 6.07) is 74.4. The first-order valence-corrected chi connectivity index (χ1v) is 18.8. The van der Waals surface area contributed by atoms with Gasteiger partial charge in [0, 0.05) is 16.5 Å². The number of hydrogen-bond acceptors (Lipinski definition) is 0. The Balaban J connectivity index is 0.951. The fraction of sp³-hybridized carbons (Fsp3) is 0.0189. The molecule has 0 saturated heterocycles. The predicted octanol–water partition coefficient (Wildman–Crippen LogP) is 13.6. The van der Waals surface area contributed by atoms with Gasteiger partial charge in [0.05, 0.1) is 16.4 Å². The van der Waals surface area contributed by atoms with Crippen LogP contribution in [0.25, 0.3) is 82.8 Å². The first-order chi connectivity index (χ1) is 26.8. The number of aromatic nitrogens is 1. The average molecular weight is 684 g/mol. The molecular formula is C53H33N. The van der Waals surface area contributed by atoms with Gasteiger partial charge in [0.2, 0.25) is 0 Å². The average Bonchev–Trinajstić information content (AvgIpc) is 3.85. The minimum atomic E-state index is -0.308. The van der Waals surface area contributed by atoms with Crippen molar-refractivity contribution in [2.45, 2.75) is 5.41 Å². The Morgan fingerprint density at radius 2 is 0.796 bits per heavy atom. The van der Waals surface area contributed by atoms with Crippen LogP contribution in [0.15, 0.2) is 200 Å². The van der Waals surface area contributed by atoms with E-state index in [0.29, 0.717) is 0 Å². The van der Waals surface area contributed by atoms with Crippen LogP contribution in [0.3, 0.4) is 0 Å². The summed E-state index contributed by atoms with van der Waals surface area (Å²) in [6.45, 7) is 0. The summed E-state index contributed by atoms with van der Waals surface area (Å²) >= 11 is 0. The van der Waals surface area contributed by atoms with Gasteiger partial charge in [0.15, 0.2) is 0 Å². The van der Waals surface area contributed by atoms with E-state index >= 15 is 0 Å². The molecule has 1 heteroatoms. The standard InChI is InChI=1S/C53H33N/c1-2-12-37-31-40(28-25-34(37)11-1)54-51-20-10-6-16-44(51)46-33-39(27-30-52(46)54)36-23-21-35(22-24-36)38-26-29-50-45(32-38)43-15-5-9-19-49(43)53(50)47-17-7-3-13-41(47)42-14-4-8-18-48(42)53/h1-33H. The summed E-state index contributed by atoms with van der Waals surface area (Å²) in [6.07, 6.45) is 0. The highest BCUT2D eigenvalue weighted by Gasteiger charge is 2.51. The molecule has 0 aliphatic heterocycles. The highest BCUT2D eigenvalue weighted by Crippen LogP contribution is 2.62. The zero-order valence-electron chi connectivity index (χ0n) is 29.5. The van der Waals surface area contributed by atoms with E-state index in [9.17, 15) is 0 Å². The van der Waals surface area contributed by atoms with Crippen LogP contribution in [0, 0.1) is 0 Å². The number of nitrogens with zero attached hydrogens (tertiary/aromatic N) is 1. The van der Waals surface area contributed by atoms with E-state index in [1.807, 2.05) is 0 Å². The van der Waals surface area contributed by atoms with Gasteiger partial charge in [-0.25, -0.2) is 0 Å². The Labute approximate surface area is 314 Å². The van der Waals surface area contributed by atoms with Crippen LogP contribution < -0.4 is 0 Å². The summed E-state index contributed by atoms with van der Waals surface area (Å²) in [5, 5.41) is 5.04. The Kier molecular flexibility index (Phi) is 6.04. The Hall–Kier alpha value is -6.96. The molecule has 2 aliphatic carbocycles. The third-order valence-electron chi connectivity index (χ3n) is 12.2. The normalized spacial score (nSPS) is 13.3. The van der Waals surface area contributed by atoms with Gasteiger partial charge in [-0.05, 0) is 114 Å². The minimum absolute atomic E-state index is 0.308. The summed E-state index contributed by atoms with van der Waals surface area (Å²) in [5.74, 6) is 0. The Morgan fingerprint density at radius 3 is 1.50 bits per heavy atom. The molecule has 0 amide bonds. The summed E-state index contributed by atoms with van der Waals surface area (Å²) in [7, 11) is 0. The monoisotopic (exact) mass is 683 g/mol. The second kappa shape index (κ2) is 11.0. The van der Waals surface area contributed by atoms with Crippen molar-refractivity contribution in [2.75, 3.05) is 0 Å². The molecule has 9 aromatic carbocycles. The van der Waals surface area contributed by atoms with Crippen LogP contribution in [-0.2, 0) is 5.41 Å². The largest absolute Gasteiger partial charge is 0.309 e. The zero-order valence-corrected chi connectivity index (χ0v) is 29.5. The minimum Gasteiger partial charge on any atom is -0.309 e. The van der Waals surface area contributed by atoms with Crippen molar-refractivity contribution in [1.29, 1.82) is 0 Å². The van der Waals surface area contributed by atoms with Crippen LogP contribution in [0.1, 0.15) is 22.3 Å². The second-order valence-corrected chi connectivity index (χ2v) is 14.8. The molecule has 0 N–H and O–H groups in total. The number of fused-ring (bicyclic) bond motifs is 14. The van der Waals surface area contributed by atoms with Crippen molar-refractivity contribution >= 4 is 32.6 Å². The maximum atomic E-state index is 2.43. The second-order valence-electron chi connectivity index (χ2n) is 14.8. The molecule has 54 heavy (non-hydrogen) atoms. The molecule has 0 atom stereocenters. The van der Waals surface area contributed by atoms with E-state index in [1.54, 1.807) is 0 Å². The quantitative estimate of drug-likeness (QED) is 0.175. The molecule has 250 valence electrons. The molecule has 0 bridgehead atoms. The SMILES string of the molecule is c1ccc2c(c1)-c1ccccc1C21c2ccccc2-c2cc(-c3ccc(-c4ccc5c(c4)c4ccccc4n5-c4ccc5ccccc5c4)cc3)ccc21. The molecular weight excluding hydrogens is 651 g/mol. The molecule has 1 aromatic heterocycles. The van der Waals surface area contributed by atoms with Crippen molar-refractivity contribution in [3.05, 3.63) is 222 Å². The van der Waals surface area contributed by atoms with Crippen molar-refractivity contribution in [3.63, 3.8) is 0 Å². The smallest absolute Gasteiger partial charge is 0.0725 e. The van der Waals surface area contributed by atoms with Crippen LogP contribution >= 0.6 is 0 Å². The molecule has 0 unspecified atom stereocenters. The van der Waals surface area contributed by atoms with E-state index in [2.05, 4.69) is 205 Å². The van der Waals surface area contributed by atoms with Crippen LogP contribution in [0.5, 0.6) is 0 Å². The fourth-order valence-electron chi connectivity index (χ4n) is 9.88. The predicted molar refractivity (Wildman–Crippen MR) is 225 cm³/mol. The zero-order chi connectivity index (χ0) is 35.4. The lowest BCUT2D eigenvalue weighted by Gasteiger charge is -2.30. The van der Waals surface area contributed by atoms with E-state index in [-0.39, 0.29) is 5.41 Å². The third-order valence-corrected chi connectivity index (χ3v) is 12.2. The maximum absolute atomic E-state index is 2.43. The van der Waals surface area contributed by atoms with Crippen LogP contribution in [0.4, 0.5) is 0 Å². The first-order valence-electron chi connectivity index (χ1n) is 18.8.